The van der Waals surface area contributed by atoms with Crippen LogP contribution in [0, 0.1) is 6.92 Å². The van der Waals surface area contributed by atoms with Gasteiger partial charge in [0.15, 0.2) is 0 Å². The van der Waals surface area contributed by atoms with Gasteiger partial charge in [-0.15, -0.1) is 0 Å². The molecular weight excluding hydrogens is 230 g/mol. The summed E-state index contributed by atoms with van der Waals surface area (Å²) in [6.45, 7) is 7.50. The zero-order valence-electron chi connectivity index (χ0n) is 11.5. The van der Waals surface area contributed by atoms with Crippen molar-refractivity contribution in [3.8, 4) is 0 Å². The highest BCUT2D eigenvalue weighted by atomic mass is 32.2. The second-order valence-electron chi connectivity index (χ2n) is 4.43. The van der Waals surface area contributed by atoms with Crippen molar-refractivity contribution in [3.05, 3.63) is 17.5 Å². The Morgan fingerprint density at radius 3 is 2.76 bits per heavy atom. The lowest BCUT2D eigenvalue weighted by molar-refractivity contribution is 0.549. The normalized spacial score (nSPS) is 12.9. The SMILES string of the molecule is CCCSCC(Cc1cc(C)nn1C)NCC. The van der Waals surface area contributed by atoms with Gasteiger partial charge >= 0.3 is 0 Å². The van der Waals surface area contributed by atoms with Gasteiger partial charge in [-0.1, -0.05) is 13.8 Å². The predicted octanol–water partition coefficient (Wildman–Crippen LogP) is 2.39. The Labute approximate surface area is 109 Å². The smallest absolute Gasteiger partial charge is 0.0596 e. The van der Waals surface area contributed by atoms with Gasteiger partial charge in [-0.3, -0.25) is 4.68 Å². The highest BCUT2D eigenvalue weighted by Gasteiger charge is 2.11. The van der Waals surface area contributed by atoms with Gasteiger partial charge in [0.2, 0.25) is 0 Å². The van der Waals surface area contributed by atoms with E-state index in [-0.39, 0.29) is 0 Å². The third kappa shape index (κ3) is 5.13. The van der Waals surface area contributed by atoms with Gasteiger partial charge < -0.3 is 5.32 Å². The molecule has 0 aliphatic carbocycles. The van der Waals surface area contributed by atoms with Gasteiger partial charge in [-0.05, 0) is 31.7 Å². The third-order valence-electron chi connectivity index (χ3n) is 2.71. The van der Waals surface area contributed by atoms with Crippen molar-refractivity contribution >= 4 is 11.8 Å². The Balaban J connectivity index is 2.50. The van der Waals surface area contributed by atoms with Crippen molar-refractivity contribution in [2.75, 3.05) is 18.1 Å². The lowest BCUT2D eigenvalue weighted by atomic mass is 10.1. The first-order chi connectivity index (χ1) is 8.17. The van der Waals surface area contributed by atoms with Crippen LogP contribution in [0.25, 0.3) is 0 Å². The predicted molar refractivity (Wildman–Crippen MR) is 76.7 cm³/mol. The van der Waals surface area contributed by atoms with Crippen molar-refractivity contribution in [1.82, 2.24) is 15.1 Å². The highest BCUT2D eigenvalue weighted by molar-refractivity contribution is 7.99. The number of aryl methyl sites for hydroxylation is 2. The van der Waals surface area contributed by atoms with Crippen LogP contribution in [0.1, 0.15) is 31.7 Å². The summed E-state index contributed by atoms with van der Waals surface area (Å²) in [6.07, 6.45) is 2.33. The van der Waals surface area contributed by atoms with Crippen LogP contribution in [0.4, 0.5) is 0 Å². The molecular formula is C13H25N3S. The number of hydrogen-bond donors (Lipinski definition) is 1. The van der Waals surface area contributed by atoms with E-state index in [2.05, 4.69) is 37.3 Å². The summed E-state index contributed by atoms with van der Waals surface area (Å²) < 4.78 is 2.00. The van der Waals surface area contributed by atoms with Crippen molar-refractivity contribution < 1.29 is 0 Å². The fourth-order valence-corrected chi connectivity index (χ4v) is 2.93. The van der Waals surface area contributed by atoms with E-state index in [0.717, 1.165) is 18.7 Å². The molecule has 1 heterocycles. The number of aromatic nitrogens is 2. The van der Waals surface area contributed by atoms with E-state index < -0.39 is 0 Å². The van der Waals surface area contributed by atoms with Crippen LogP contribution in [0.2, 0.25) is 0 Å². The Bertz CT molecular complexity index is 322. The van der Waals surface area contributed by atoms with E-state index in [1.165, 1.54) is 23.6 Å². The Morgan fingerprint density at radius 1 is 1.47 bits per heavy atom. The van der Waals surface area contributed by atoms with E-state index in [9.17, 15) is 0 Å². The lowest BCUT2D eigenvalue weighted by Gasteiger charge is -2.17. The van der Waals surface area contributed by atoms with Crippen LogP contribution in [-0.4, -0.2) is 33.9 Å². The van der Waals surface area contributed by atoms with E-state index in [1.54, 1.807) is 0 Å². The Kier molecular flexibility index (Phi) is 6.66. The number of hydrogen-bond acceptors (Lipinski definition) is 3. The molecule has 0 aliphatic rings. The molecule has 1 unspecified atom stereocenters. The number of nitrogens with one attached hydrogen (secondary N) is 1. The summed E-state index contributed by atoms with van der Waals surface area (Å²) >= 11 is 2.04. The maximum atomic E-state index is 4.40. The summed E-state index contributed by atoms with van der Waals surface area (Å²) in [5.74, 6) is 2.44. The zero-order valence-corrected chi connectivity index (χ0v) is 12.3. The van der Waals surface area contributed by atoms with Crippen LogP contribution < -0.4 is 5.32 Å². The molecule has 1 aromatic heterocycles. The standard InChI is InChI=1S/C13H25N3S/c1-5-7-17-10-12(14-6-2)9-13-8-11(3)15-16(13)4/h8,12,14H,5-7,9-10H2,1-4H3. The first-order valence-electron chi connectivity index (χ1n) is 6.48. The first-order valence-corrected chi connectivity index (χ1v) is 7.63. The van der Waals surface area contributed by atoms with Crippen LogP contribution in [0.3, 0.4) is 0 Å². The monoisotopic (exact) mass is 255 g/mol. The van der Waals surface area contributed by atoms with Gasteiger partial charge in [-0.25, -0.2) is 0 Å². The van der Waals surface area contributed by atoms with Crippen LogP contribution in [0.15, 0.2) is 6.07 Å². The molecule has 0 radical (unpaired) electrons. The maximum absolute atomic E-state index is 4.40. The Hall–Kier alpha value is -0.480. The lowest BCUT2D eigenvalue weighted by Crippen LogP contribution is -2.34. The second kappa shape index (κ2) is 7.77. The van der Waals surface area contributed by atoms with Crippen molar-refractivity contribution in [3.63, 3.8) is 0 Å². The maximum Gasteiger partial charge on any atom is 0.0596 e. The van der Waals surface area contributed by atoms with Gasteiger partial charge in [0.25, 0.3) is 0 Å². The topological polar surface area (TPSA) is 29.9 Å². The molecule has 98 valence electrons. The summed E-state index contributed by atoms with van der Waals surface area (Å²) in [6, 6.07) is 2.75. The zero-order chi connectivity index (χ0) is 12.7. The average molecular weight is 255 g/mol. The number of thioether (sulfide) groups is 1. The molecule has 0 spiro atoms. The third-order valence-corrected chi connectivity index (χ3v) is 4.05. The van der Waals surface area contributed by atoms with Gasteiger partial charge in [0.05, 0.1) is 5.69 Å². The minimum atomic E-state index is 0.561. The first kappa shape index (κ1) is 14.6. The summed E-state index contributed by atoms with van der Waals surface area (Å²) in [5, 5.41) is 7.97. The fraction of sp³-hybridized carbons (Fsp3) is 0.769. The van der Waals surface area contributed by atoms with Crippen LogP contribution in [-0.2, 0) is 13.5 Å². The minimum absolute atomic E-state index is 0.561. The summed E-state index contributed by atoms with van der Waals surface area (Å²) in [7, 11) is 2.03. The largest absolute Gasteiger partial charge is 0.313 e. The van der Waals surface area contributed by atoms with Crippen LogP contribution in [0.5, 0.6) is 0 Å². The van der Waals surface area contributed by atoms with Crippen molar-refractivity contribution in [2.45, 2.75) is 39.7 Å². The number of rotatable bonds is 8. The van der Waals surface area contributed by atoms with Gasteiger partial charge in [0.1, 0.15) is 0 Å². The molecule has 1 aromatic rings. The summed E-state index contributed by atoms with van der Waals surface area (Å²) in [5.41, 5.74) is 2.43. The molecule has 0 aromatic carbocycles. The molecule has 1 N–H and O–H groups in total. The van der Waals surface area contributed by atoms with Crippen LogP contribution >= 0.6 is 11.8 Å². The molecule has 0 aliphatic heterocycles. The molecule has 0 saturated heterocycles. The molecule has 17 heavy (non-hydrogen) atoms. The number of nitrogens with zero attached hydrogens (tertiary/aromatic N) is 2. The second-order valence-corrected chi connectivity index (χ2v) is 5.58. The average Bonchev–Trinajstić information content (AvgIpc) is 2.58. The van der Waals surface area contributed by atoms with Gasteiger partial charge in [-0.2, -0.15) is 16.9 Å². The molecule has 0 saturated carbocycles. The van der Waals surface area contributed by atoms with E-state index >= 15 is 0 Å². The molecule has 4 heteroatoms. The molecule has 0 bridgehead atoms. The van der Waals surface area contributed by atoms with Crippen molar-refractivity contribution in [2.24, 2.45) is 7.05 Å². The molecule has 1 atom stereocenters. The highest BCUT2D eigenvalue weighted by Crippen LogP contribution is 2.10. The molecule has 1 rings (SSSR count). The fourth-order valence-electron chi connectivity index (χ4n) is 1.96. The van der Waals surface area contributed by atoms with Gasteiger partial charge in [0, 0.05) is 31.0 Å². The molecule has 0 amide bonds. The minimum Gasteiger partial charge on any atom is -0.313 e. The molecule has 0 fully saturated rings. The quantitative estimate of drug-likeness (QED) is 0.723. The van der Waals surface area contributed by atoms with E-state index in [4.69, 9.17) is 0 Å². The summed E-state index contributed by atoms with van der Waals surface area (Å²) in [4.78, 5) is 0. The number of likely N-dealkylation sites (N-methyl/N-ethyl adjacent to an activating group) is 1. The van der Waals surface area contributed by atoms with Crippen molar-refractivity contribution in [1.29, 1.82) is 0 Å². The molecule has 3 nitrogen and oxygen atoms in total. The van der Waals surface area contributed by atoms with E-state index in [1.807, 2.05) is 23.5 Å². The van der Waals surface area contributed by atoms with E-state index in [0.29, 0.717) is 6.04 Å². The Morgan fingerprint density at radius 2 is 2.24 bits per heavy atom.